The third-order valence-corrected chi connectivity index (χ3v) is 3.66. The van der Waals surface area contributed by atoms with E-state index in [2.05, 4.69) is 22.9 Å². The fourth-order valence-corrected chi connectivity index (χ4v) is 2.56. The summed E-state index contributed by atoms with van der Waals surface area (Å²) in [4.78, 5) is 23.0. The highest BCUT2D eigenvalue weighted by atomic mass is 16.2. The molecule has 0 radical (unpaired) electrons. The molecule has 2 saturated heterocycles. The van der Waals surface area contributed by atoms with Crippen LogP contribution in [0.5, 0.6) is 0 Å². The number of hydrogen-bond acceptors (Lipinski definition) is 3. The van der Waals surface area contributed by atoms with Crippen molar-refractivity contribution in [3.05, 3.63) is 0 Å². The summed E-state index contributed by atoms with van der Waals surface area (Å²) in [5.74, 6) is 0.550. The number of nitrogens with one attached hydrogen (secondary N) is 3. The maximum absolute atomic E-state index is 12.0. The predicted octanol–water partition coefficient (Wildman–Crippen LogP) is -0.231. The maximum atomic E-state index is 12.0. The summed E-state index contributed by atoms with van der Waals surface area (Å²) in [6, 6.07) is 0.0474. The molecule has 3 atom stereocenters. The number of piperidine rings is 1. The maximum Gasteiger partial charge on any atom is 0.237 e. The van der Waals surface area contributed by atoms with Crippen LogP contribution < -0.4 is 16.0 Å². The van der Waals surface area contributed by atoms with E-state index >= 15 is 0 Å². The lowest BCUT2D eigenvalue weighted by Gasteiger charge is -2.29. The van der Waals surface area contributed by atoms with Crippen LogP contribution in [0.2, 0.25) is 0 Å². The Hall–Kier alpha value is -1.10. The SMILES string of the molecule is CC1CCCNC1C(=O)NCC1CCC(=O)N1. The van der Waals surface area contributed by atoms with Gasteiger partial charge < -0.3 is 16.0 Å². The van der Waals surface area contributed by atoms with Crippen molar-refractivity contribution in [3.8, 4) is 0 Å². The Bertz CT molecular complexity index is 306. The summed E-state index contributed by atoms with van der Waals surface area (Å²) in [5, 5.41) is 9.03. The topological polar surface area (TPSA) is 70.2 Å². The molecule has 0 aromatic rings. The van der Waals surface area contributed by atoms with Gasteiger partial charge in [-0.15, -0.1) is 0 Å². The molecule has 5 heteroatoms. The Morgan fingerprint density at radius 2 is 2.29 bits per heavy atom. The van der Waals surface area contributed by atoms with E-state index in [4.69, 9.17) is 0 Å². The first-order valence-corrected chi connectivity index (χ1v) is 6.47. The fourth-order valence-electron chi connectivity index (χ4n) is 2.56. The van der Waals surface area contributed by atoms with Gasteiger partial charge in [-0.3, -0.25) is 9.59 Å². The number of carbonyl (C=O) groups excluding carboxylic acids is 2. The zero-order valence-corrected chi connectivity index (χ0v) is 10.3. The number of rotatable bonds is 3. The van der Waals surface area contributed by atoms with Crippen molar-refractivity contribution in [2.45, 2.75) is 44.7 Å². The van der Waals surface area contributed by atoms with Gasteiger partial charge in [-0.1, -0.05) is 6.92 Å². The van der Waals surface area contributed by atoms with Gasteiger partial charge >= 0.3 is 0 Å². The molecule has 2 amide bonds. The molecule has 2 aliphatic rings. The molecule has 0 bridgehead atoms. The molecule has 0 saturated carbocycles. The molecule has 2 fully saturated rings. The number of carbonyl (C=O) groups is 2. The van der Waals surface area contributed by atoms with Crippen LogP contribution in [0.3, 0.4) is 0 Å². The molecule has 96 valence electrons. The zero-order valence-electron chi connectivity index (χ0n) is 10.3. The fraction of sp³-hybridized carbons (Fsp3) is 0.833. The van der Waals surface area contributed by atoms with Gasteiger partial charge in [-0.25, -0.2) is 0 Å². The van der Waals surface area contributed by atoms with E-state index < -0.39 is 0 Å². The summed E-state index contributed by atoms with van der Waals surface area (Å²) in [6.45, 7) is 3.58. The van der Waals surface area contributed by atoms with Crippen molar-refractivity contribution >= 4 is 11.8 Å². The molecule has 2 heterocycles. The second kappa shape index (κ2) is 5.49. The van der Waals surface area contributed by atoms with Crippen LogP contribution in [0.25, 0.3) is 0 Å². The second-order valence-corrected chi connectivity index (χ2v) is 5.10. The molecular formula is C12H21N3O2. The van der Waals surface area contributed by atoms with Crippen molar-refractivity contribution in [2.75, 3.05) is 13.1 Å². The normalized spacial score (nSPS) is 33.2. The Morgan fingerprint density at radius 1 is 1.47 bits per heavy atom. The molecule has 3 unspecified atom stereocenters. The first-order chi connectivity index (χ1) is 8.16. The van der Waals surface area contributed by atoms with Crippen molar-refractivity contribution in [1.29, 1.82) is 0 Å². The van der Waals surface area contributed by atoms with Crippen LogP contribution in [-0.2, 0) is 9.59 Å². The van der Waals surface area contributed by atoms with E-state index in [1.807, 2.05) is 0 Å². The summed E-state index contributed by atoms with van der Waals surface area (Å²) in [6.07, 6.45) is 3.65. The number of hydrogen-bond donors (Lipinski definition) is 3. The van der Waals surface area contributed by atoms with E-state index in [0.717, 1.165) is 25.8 Å². The van der Waals surface area contributed by atoms with Gasteiger partial charge in [0.25, 0.3) is 0 Å². The smallest absolute Gasteiger partial charge is 0.237 e. The van der Waals surface area contributed by atoms with Crippen molar-refractivity contribution < 1.29 is 9.59 Å². The minimum atomic E-state index is -0.0687. The van der Waals surface area contributed by atoms with Gasteiger partial charge in [0.05, 0.1) is 6.04 Å². The Kier molecular flexibility index (Phi) is 3.99. The monoisotopic (exact) mass is 239 g/mol. The van der Waals surface area contributed by atoms with Crippen LogP contribution >= 0.6 is 0 Å². The predicted molar refractivity (Wildman–Crippen MR) is 64.4 cm³/mol. The lowest BCUT2D eigenvalue weighted by Crippen LogP contribution is -2.52. The summed E-state index contributed by atoms with van der Waals surface area (Å²) >= 11 is 0. The van der Waals surface area contributed by atoms with Crippen LogP contribution in [0, 0.1) is 5.92 Å². The van der Waals surface area contributed by atoms with Gasteiger partial charge in [0.1, 0.15) is 0 Å². The van der Waals surface area contributed by atoms with E-state index in [1.165, 1.54) is 0 Å². The van der Waals surface area contributed by atoms with Crippen LogP contribution in [0.1, 0.15) is 32.6 Å². The third kappa shape index (κ3) is 3.19. The highest BCUT2D eigenvalue weighted by molar-refractivity contribution is 5.82. The van der Waals surface area contributed by atoms with Crippen molar-refractivity contribution in [3.63, 3.8) is 0 Å². The van der Waals surface area contributed by atoms with Gasteiger partial charge in [0.2, 0.25) is 11.8 Å². The van der Waals surface area contributed by atoms with Gasteiger partial charge in [-0.05, 0) is 31.7 Å². The standard InChI is InChI=1S/C12H21N3O2/c1-8-3-2-6-13-11(8)12(17)14-7-9-4-5-10(16)15-9/h8-9,11,13H,2-7H2,1H3,(H,14,17)(H,15,16). The van der Waals surface area contributed by atoms with E-state index in [9.17, 15) is 9.59 Å². The molecule has 0 aromatic heterocycles. The average Bonchev–Trinajstić information content (AvgIpc) is 2.73. The van der Waals surface area contributed by atoms with Gasteiger partial charge in [-0.2, -0.15) is 0 Å². The van der Waals surface area contributed by atoms with Gasteiger partial charge in [0.15, 0.2) is 0 Å². The lowest BCUT2D eigenvalue weighted by molar-refractivity contribution is -0.125. The largest absolute Gasteiger partial charge is 0.353 e. The highest BCUT2D eigenvalue weighted by Gasteiger charge is 2.28. The average molecular weight is 239 g/mol. The first-order valence-electron chi connectivity index (χ1n) is 6.47. The second-order valence-electron chi connectivity index (χ2n) is 5.10. The van der Waals surface area contributed by atoms with Crippen molar-refractivity contribution in [2.24, 2.45) is 5.92 Å². The van der Waals surface area contributed by atoms with Crippen molar-refractivity contribution in [1.82, 2.24) is 16.0 Å². The Morgan fingerprint density at radius 3 is 2.94 bits per heavy atom. The van der Waals surface area contributed by atoms with Crippen LogP contribution in [-0.4, -0.2) is 37.0 Å². The van der Waals surface area contributed by atoms with Crippen LogP contribution in [0.15, 0.2) is 0 Å². The van der Waals surface area contributed by atoms with Crippen LogP contribution in [0.4, 0.5) is 0 Å². The summed E-state index contributed by atoms with van der Waals surface area (Å²) < 4.78 is 0. The quantitative estimate of drug-likeness (QED) is 0.637. The van der Waals surface area contributed by atoms with E-state index in [0.29, 0.717) is 18.9 Å². The summed E-state index contributed by atoms with van der Waals surface area (Å²) in [5.41, 5.74) is 0. The zero-order chi connectivity index (χ0) is 12.3. The van der Waals surface area contributed by atoms with E-state index in [1.54, 1.807) is 0 Å². The molecule has 2 rings (SSSR count). The van der Waals surface area contributed by atoms with E-state index in [-0.39, 0.29) is 23.9 Å². The highest BCUT2D eigenvalue weighted by Crippen LogP contribution is 2.15. The lowest BCUT2D eigenvalue weighted by atomic mass is 9.92. The molecule has 0 aromatic carbocycles. The van der Waals surface area contributed by atoms with Gasteiger partial charge in [0, 0.05) is 19.0 Å². The Balaban J connectivity index is 1.74. The summed E-state index contributed by atoms with van der Waals surface area (Å²) in [7, 11) is 0. The first kappa shape index (κ1) is 12.4. The molecular weight excluding hydrogens is 218 g/mol. The number of amides is 2. The third-order valence-electron chi connectivity index (χ3n) is 3.66. The molecule has 17 heavy (non-hydrogen) atoms. The Labute approximate surface area is 102 Å². The molecule has 0 aliphatic carbocycles. The molecule has 5 nitrogen and oxygen atoms in total. The molecule has 3 N–H and O–H groups in total. The molecule has 0 spiro atoms. The molecule has 2 aliphatic heterocycles. The minimum Gasteiger partial charge on any atom is -0.353 e. The minimum absolute atomic E-state index is 0.0679.